The van der Waals surface area contributed by atoms with Crippen molar-refractivity contribution < 1.29 is 14.5 Å². The normalized spacial score (nSPS) is 10.1. The summed E-state index contributed by atoms with van der Waals surface area (Å²) in [5.41, 5.74) is 0. The van der Waals surface area contributed by atoms with E-state index in [1.165, 1.54) is 17.1 Å². The van der Waals surface area contributed by atoms with E-state index in [1.54, 1.807) is 0 Å². The zero-order valence-corrected chi connectivity index (χ0v) is 11.1. The fraction of sp³-hybridized carbons (Fsp3) is 0.231. The number of hydrogen-bond acceptors (Lipinski definition) is 5. The standard InChI is InChI=1S/C13H14N4O4/c18-13(9-16-8-12(15-10-16)17(19)20)14-6-7-21-11-4-2-1-3-5-11/h1-5,8,10H,6-7,9H2,(H,14,18). The van der Waals surface area contributed by atoms with Gasteiger partial charge in [-0.25, -0.2) is 0 Å². The molecule has 0 aliphatic carbocycles. The molecule has 0 unspecified atom stereocenters. The largest absolute Gasteiger partial charge is 0.492 e. The molecule has 0 radical (unpaired) electrons. The lowest BCUT2D eigenvalue weighted by Crippen LogP contribution is -2.30. The third-order valence-electron chi connectivity index (χ3n) is 2.57. The quantitative estimate of drug-likeness (QED) is 0.465. The first-order valence-electron chi connectivity index (χ1n) is 6.26. The van der Waals surface area contributed by atoms with Gasteiger partial charge in [0.2, 0.25) is 12.2 Å². The number of hydrogen-bond donors (Lipinski definition) is 1. The van der Waals surface area contributed by atoms with Crippen molar-refractivity contribution in [1.29, 1.82) is 0 Å². The van der Waals surface area contributed by atoms with E-state index in [4.69, 9.17) is 4.74 Å². The summed E-state index contributed by atoms with van der Waals surface area (Å²) in [6.45, 7) is 0.677. The Kier molecular flexibility index (Phi) is 4.86. The van der Waals surface area contributed by atoms with Gasteiger partial charge in [0.05, 0.1) is 6.54 Å². The van der Waals surface area contributed by atoms with Crippen LogP contribution in [0.2, 0.25) is 0 Å². The average Bonchev–Trinajstić information content (AvgIpc) is 2.93. The lowest BCUT2D eigenvalue weighted by Gasteiger charge is -2.07. The number of nitro groups is 1. The van der Waals surface area contributed by atoms with Gasteiger partial charge >= 0.3 is 5.82 Å². The molecule has 110 valence electrons. The van der Waals surface area contributed by atoms with Crippen molar-refractivity contribution in [2.24, 2.45) is 0 Å². The number of benzene rings is 1. The zero-order valence-electron chi connectivity index (χ0n) is 11.1. The monoisotopic (exact) mass is 290 g/mol. The van der Waals surface area contributed by atoms with Crippen molar-refractivity contribution in [3.05, 3.63) is 53.0 Å². The zero-order chi connectivity index (χ0) is 15.1. The molecule has 2 rings (SSSR count). The van der Waals surface area contributed by atoms with Crippen molar-refractivity contribution >= 4 is 11.7 Å². The van der Waals surface area contributed by atoms with Gasteiger partial charge < -0.3 is 24.7 Å². The number of para-hydroxylation sites is 1. The van der Waals surface area contributed by atoms with Crippen molar-refractivity contribution in [2.75, 3.05) is 13.2 Å². The predicted molar refractivity (Wildman–Crippen MR) is 73.8 cm³/mol. The maximum Gasteiger partial charge on any atom is 0.381 e. The van der Waals surface area contributed by atoms with Crippen LogP contribution in [0.4, 0.5) is 5.82 Å². The van der Waals surface area contributed by atoms with Crippen LogP contribution in [0.15, 0.2) is 42.9 Å². The average molecular weight is 290 g/mol. The van der Waals surface area contributed by atoms with Gasteiger partial charge in [-0.05, 0) is 22.0 Å². The summed E-state index contributed by atoms with van der Waals surface area (Å²) in [6, 6.07) is 9.26. The number of carbonyl (C=O) groups is 1. The molecule has 2 aromatic rings. The Hall–Kier alpha value is -2.90. The molecule has 0 fully saturated rings. The van der Waals surface area contributed by atoms with Crippen LogP contribution < -0.4 is 10.1 Å². The molecule has 1 aromatic heterocycles. The summed E-state index contributed by atoms with van der Waals surface area (Å²) in [4.78, 5) is 25.0. The van der Waals surface area contributed by atoms with E-state index >= 15 is 0 Å². The lowest BCUT2D eigenvalue weighted by molar-refractivity contribution is -0.389. The fourth-order valence-electron chi connectivity index (χ4n) is 1.63. The molecular weight excluding hydrogens is 276 g/mol. The molecular formula is C13H14N4O4. The van der Waals surface area contributed by atoms with E-state index in [0.717, 1.165) is 5.75 Å². The summed E-state index contributed by atoms with van der Waals surface area (Å²) in [5.74, 6) is 0.186. The fourth-order valence-corrected chi connectivity index (χ4v) is 1.63. The molecule has 21 heavy (non-hydrogen) atoms. The summed E-state index contributed by atoms with van der Waals surface area (Å²) < 4.78 is 6.77. The van der Waals surface area contributed by atoms with E-state index in [9.17, 15) is 14.9 Å². The third kappa shape index (κ3) is 4.60. The molecule has 0 saturated carbocycles. The smallest absolute Gasteiger partial charge is 0.381 e. The maximum atomic E-state index is 11.6. The molecule has 1 amide bonds. The number of rotatable bonds is 7. The van der Waals surface area contributed by atoms with Crippen molar-refractivity contribution in [1.82, 2.24) is 14.9 Å². The molecule has 0 aliphatic heterocycles. The van der Waals surface area contributed by atoms with E-state index in [-0.39, 0.29) is 18.3 Å². The Morgan fingerprint density at radius 1 is 1.38 bits per heavy atom. The van der Waals surface area contributed by atoms with E-state index in [2.05, 4.69) is 10.3 Å². The first kappa shape index (κ1) is 14.5. The highest BCUT2D eigenvalue weighted by atomic mass is 16.6. The number of ether oxygens (including phenoxy) is 1. The molecule has 0 aliphatic rings. The molecule has 0 atom stereocenters. The van der Waals surface area contributed by atoms with Crippen LogP contribution in [0, 0.1) is 10.1 Å². The summed E-state index contributed by atoms with van der Waals surface area (Å²) in [6.07, 6.45) is 2.46. The molecule has 0 bridgehead atoms. The molecule has 8 nitrogen and oxygen atoms in total. The Balaban J connectivity index is 1.68. The molecule has 8 heteroatoms. The topological polar surface area (TPSA) is 99.3 Å². The number of nitrogens with one attached hydrogen (secondary N) is 1. The molecule has 1 N–H and O–H groups in total. The van der Waals surface area contributed by atoms with E-state index < -0.39 is 4.92 Å². The SMILES string of the molecule is O=C(Cn1cnc([N+](=O)[O-])c1)NCCOc1ccccc1. The minimum absolute atomic E-state index is 0.0216. The van der Waals surface area contributed by atoms with Crippen LogP contribution in [0.1, 0.15) is 0 Å². The van der Waals surface area contributed by atoms with Gasteiger partial charge in [-0.3, -0.25) is 4.79 Å². The Morgan fingerprint density at radius 2 is 2.14 bits per heavy atom. The second-order valence-electron chi connectivity index (χ2n) is 4.17. The molecule has 0 saturated heterocycles. The number of aromatic nitrogens is 2. The summed E-state index contributed by atoms with van der Waals surface area (Å²) >= 11 is 0. The van der Waals surface area contributed by atoms with Gasteiger partial charge in [0, 0.05) is 0 Å². The number of imidazole rings is 1. The first-order valence-corrected chi connectivity index (χ1v) is 6.26. The van der Waals surface area contributed by atoms with Gasteiger partial charge in [-0.2, -0.15) is 0 Å². The number of nitrogens with zero attached hydrogens (tertiary/aromatic N) is 3. The second-order valence-corrected chi connectivity index (χ2v) is 4.17. The first-order chi connectivity index (χ1) is 10.1. The van der Waals surface area contributed by atoms with Crippen molar-refractivity contribution in [3.8, 4) is 5.75 Å². The van der Waals surface area contributed by atoms with E-state index in [1.807, 2.05) is 30.3 Å². The van der Waals surface area contributed by atoms with Crippen LogP contribution >= 0.6 is 0 Å². The Bertz CT molecular complexity index is 612. The highest BCUT2D eigenvalue weighted by Crippen LogP contribution is 2.07. The van der Waals surface area contributed by atoms with Crippen LogP contribution in [-0.4, -0.2) is 33.5 Å². The molecule has 1 heterocycles. The highest BCUT2D eigenvalue weighted by Gasteiger charge is 2.11. The van der Waals surface area contributed by atoms with Crippen LogP contribution in [-0.2, 0) is 11.3 Å². The summed E-state index contributed by atoms with van der Waals surface area (Å²) in [5, 5.41) is 13.1. The Labute approximate surface area is 120 Å². The van der Waals surface area contributed by atoms with Gasteiger partial charge in [0.1, 0.15) is 25.1 Å². The molecule has 0 spiro atoms. The third-order valence-corrected chi connectivity index (χ3v) is 2.57. The second kappa shape index (κ2) is 7.04. The van der Waals surface area contributed by atoms with Gasteiger partial charge in [0.15, 0.2) is 0 Å². The van der Waals surface area contributed by atoms with Crippen molar-refractivity contribution in [3.63, 3.8) is 0 Å². The van der Waals surface area contributed by atoms with Gasteiger partial charge in [-0.15, -0.1) is 0 Å². The van der Waals surface area contributed by atoms with Gasteiger partial charge in [-0.1, -0.05) is 18.2 Å². The highest BCUT2D eigenvalue weighted by molar-refractivity contribution is 5.75. The Morgan fingerprint density at radius 3 is 2.81 bits per heavy atom. The van der Waals surface area contributed by atoms with Crippen LogP contribution in [0.25, 0.3) is 0 Å². The van der Waals surface area contributed by atoms with Crippen molar-refractivity contribution in [2.45, 2.75) is 6.54 Å². The minimum Gasteiger partial charge on any atom is -0.492 e. The number of amides is 1. The van der Waals surface area contributed by atoms with Gasteiger partial charge in [0.25, 0.3) is 0 Å². The van der Waals surface area contributed by atoms with E-state index in [0.29, 0.717) is 13.2 Å². The lowest BCUT2D eigenvalue weighted by atomic mass is 10.3. The summed E-state index contributed by atoms with van der Waals surface area (Å²) in [7, 11) is 0. The predicted octanol–water partition coefficient (Wildman–Crippen LogP) is 0.986. The van der Waals surface area contributed by atoms with Crippen LogP contribution in [0.5, 0.6) is 5.75 Å². The minimum atomic E-state index is -0.609. The molecule has 1 aromatic carbocycles. The maximum absolute atomic E-state index is 11.6. The van der Waals surface area contributed by atoms with Crippen LogP contribution in [0.3, 0.4) is 0 Å². The number of carbonyl (C=O) groups excluding carboxylic acids is 1.